The quantitative estimate of drug-likeness (QED) is 0.437. The normalized spacial score (nSPS) is 10.7. The lowest BCUT2D eigenvalue weighted by atomic mass is 10.0. The van der Waals surface area contributed by atoms with Gasteiger partial charge in [0.1, 0.15) is 5.82 Å². The summed E-state index contributed by atoms with van der Waals surface area (Å²) >= 11 is 30.2. The van der Waals surface area contributed by atoms with Gasteiger partial charge in [0.25, 0.3) is 0 Å². The van der Waals surface area contributed by atoms with Crippen LogP contribution in [0.15, 0.2) is 12.3 Å². The van der Waals surface area contributed by atoms with E-state index in [2.05, 4.69) is 4.98 Å². The number of halogens is 5. The minimum absolute atomic E-state index is 0.0464. The van der Waals surface area contributed by atoms with Crippen molar-refractivity contribution in [2.45, 2.75) is 0 Å². The molecule has 0 spiro atoms. The summed E-state index contributed by atoms with van der Waals surface area (Å²) in [4.78, 5) is 14.7. The number of hydrogen-bond acceptors (Lipinski definition) is 3. The van der Waals surface area contributed by atoms with Crippen LogP contribution in [-0.4, -0.2) is 11.3 Å². The van der Waals surface area contributed by atoms with Gasteiger partial charge < -0.3 is 5.73 Å². The summed E-state index contributed by atoms with van der Waals surface area (Å²) in [5.74, 6) is 0.133. The molecule has 2 rings (SSSR count). The fraction of sp³-hybridized carbons (Fsp3) is 0. The molecule has 1 aromatic carbocycles. The standard InChI is InChI=1S/C12H5Cl5N2O/c13-7-6(8(14)10(16)11(17)9(7)15)5-1-4(3-20)2-19-12(5)18/h1-3H,(H2,18,19). The molecule has 8 heteroatoms. The van der Waals surface area contributed by atoms with Crippen molar-refractivity contribution in [3.63, 3.8) is 0 Å². The van der Waals surface area contributed by atoms with Gasteiger partial charge in [-0.2, -0.15) is 0 Å². The number of aromatic nitrogens is 1. The first kappa shape index (κ1) is 15.7. The number of hydrogen-bond donors (Lipinski definition) is 1. The molecule has 0 aliphatic rings. The van der Waals surface area contributed by atoms with E-state index < -0.39 is 0 Å². The first-order valence-corrected chi connectivity index (χ1v) is 7.00. The molecule has 0 bridgehead atoms. The number of rotatable bonds is 2. The van der Waals surface area contributed by atoms with Crippen LogP contribution < -0.4 is 5.73 Å². The number of pyridine rings is 1. The van der Waals surface area contributed by atoms with E-state index in [1.54, 1.807) is 0 Å². The maximum atomic E-state index is 10.8. The number of carbonyl (C=O) groups excluding carboxylic acids is 1. The van der Waals surface area contributed by atoms with Crippen molar-refractivity contribution in [1.82, 2.24) is 4.98 Å². The molecule has 0 radical (unpaired) electrons. The molecule has 20 heavy (non-hydrogen) atoms. The summed E-state index contributed by atoms with van der Waals surface area (Å²) in [7, 11) is 0. The Balaban J connectivity index is 2.86. The zero-order valence-electron chi connectivity index (χ0n) is 9.55. The van der Waals surface area contributed by atoms with Gasteiger partial charge in [-0.15, -0.1) is 0 Å². The lowest BCUT2D eigenvalue weighted by molar-refractivity contribution is 0.112. The number of carbonyl (C=O) groups is 1. The molecule has 2 aromatic rings. The van der Waals surface area contributed by atoms with Crippen LogP contribution in [0.25, 0.3) is 11.1 Å². The fourth-order valence-corrected chi connectivity index (χ4v) is 2.94. The Morgan fingerprint density at radius 3 is 1.95 bits per heavy atom. The molecule has 1 heterocycles. The Morgan fingerprint density at radius 1 is 0.950 bits per heavy atom. The molecule has 0 aliphatic heterocycles. The second-order valence-electron chi connectivity index (χ2n) is 3.76. The summed E-state index contributed by atoms with van der Waals surface area (Å²) in [6.07, 6.45) is 1.95. The minimum Gasteiger partial charge on any atom is -0.383 e. The van der Waals surface area contributed by atoms with Crippen LogP contribution in [-0.2, 0) is 0 Å². The van der Waals surface area contributed by atoms with Crippen LogP contribution in [0.5, 0.6) is 0 Å². The summed E-state index contributed by atoms with van der Waals surface area (Å²) in [5.41, 5.74) is 6.73. The van der Waals surface area contributed by atoms with Crippen LogP contribution in [0.4, 0.5) is 5.82 Å². The van der Waals surface area contributed by atoms with E-state index >= 15 is 0 Å². The van der Waals surface area contributed by atoms with Gasteiger partial charge in [-0.25, -0.2) is 4.98 Å². The molecule has 0 fully saturated rings. The molecule has 0 atom stereocenters. The maximum absolute atomic E-state index is 10.8. The summed E-state index contributed by atoms with van der Waals surface area (Å²) < 4.78 is 0. The van der Waals surface area contributed by atoms with Crippen LogP contribution in [0.3, 0.4) is 0 Å². The average Bonchev–Trinajstić information content (AvgIpc) is 2.45. The zero-order chi connectivity index (χ0) is 15.0. The highest BCUT2D eigenvalue weighted by Crippen LogP contribution is 2.49. The van der Waals surface area contributed by atoms with Crippen molar-refractivity contribution in [3.05, 3.63) is 42.9 Å². The molecule has 1 aromatic heterocycles. The predicted octanol–water partition coefficient (Wildman–Crippen LogP) is 5.41. The van der Waals surface area contributed by atoms with E-state index in [-0.39, 0.29) is 36.5 Å². The van der Waals surface area contributed by atoms with E-state index in [1.807, 2.05) is 0 Å². The van der Waals surface area contributed by atoms with E-state index in [9.17, 15) is 4.79 Å². The second kappa shape index (κ2) is 5.96. The van der Waals surface area contributed by atoms with Gasteiger partial charge in [-0.3, -0.25) is 4.79 Å². The van der Waals surface area contributed by atoms with Crippen molar-refractivity contribution < 1.29 is 4.79 Å². The Kier molecular flexibility index (Phi) is 4.67. The second-order valence-corrected chi connectivity index (χ2v) is 5.65. The topological polar surface area (TPSA) is 56.0 Å². The van der Waals surface area contributed by atoms with E-state index in [0.29, 0.717) is 17.4 Å². The molecule has 0 saturated heterocycles. The lowest BCUT2D eigenvalue weighted by Gasteiger charge is -2.14. The number of nitrogens with two attached hydrogens (primary N) is 1. The van der Waals surface area contributed by atoms with Gasteiger partial charge >= 0.3 is 0 Å². The Morgan fingerprint density at radius 2 is 1.45 bits per heavy atom. The molecule has 0 aliphatic carbocycles. The minimum atomic E-state index is 0.0464. The van der Waals surface area contributed by atoms with Gasteiger partial charge in [0.2, 0.25) is 0 Å². The zero-order valence-corrected chi connectivity index (χ0v) is 13.3. The van der Waals surface area contributed by atoms with Gasteiger partial charge in [-0.1, -0.05) is 58.0 Å². The molecule has 0 unspecified atom stereocenters. The van der Waals surface area contributed by atoms with Gasteiger partial charge in [0, 0.05) is 22.9 Å². The number of aldehydes is 1. The average molecular weight is 370 g/mol. The molecular weight excluding hydrogens is 365 g/mol. The molecule has 0 saturated carbocycles. The van der Waals surface area contributed by atoms with E-state index in [4.69, 9.17) is 63.7 Å². The first-order valence-electron chi connectivity index (χ1n) is 5.11. The molecular formula is C12H5Cl5N2O. The van der Waals surface area contributed by atoms with Crippen LogP contribution in [0.1, 0.15) is 10.4 Å². The number of benzene rings is 1. The van der Waals surface area contributed by atoms with Crippen molar-refractivity contribution in [2.75, 3.05) is 5.73 Å². The smallest absolute Gasteiger partial charge is 0.151 e. The fourth-order valence-electron chi connectivity index (χ4n) is 1.60. The third kappa shape index (κ3) is 2.57. The highest BCUT2D eigenvalue weighted by molar-refractivity contribution is 6.56. The van der Waals surface area contributed by atoms with Gasteiger partial charge in [-0.05, 0) is 6.07 Å². The summed E-state index contributed by atoms with van der Waals surface area (Å²) in [6, 6.07) is 1.49. The van der Waals surface area contributed by atoms with Gasteiger partial charge in [0.05, 0.1) is 25.1 Å². The predicted molar refractivity (Wildman–Crippen MR) is 84.5 cm³/mol. The third-order valence-corrected chi connectivity index (χ3v) is 4.83. The van der Waals surface area contributed by atoms with E-state index in [1.165, 1.54) is 12.3 Å². The summed E-state index contributed by atoms with van der Waals surface area (Å²) in [6.45, 7) is 0. The first-order chi connectivity index (χ1) is 9.38. The lowest BCUT2D eigenvalue weighted by Crippen LogP contribution is -1.98. The number of nitrogens with zero attached hydrogens (tertiary/aromatic N) is 1. The van der Waals surface area contributed by atoms with Crippen molar-refractivity contribution in [1.29, 1.82) is 0 Å². The summed E-state index contributed by atoms with van der Waals surface area (Å²) in [5, 5.41) is 0.317. The SMILES string of the molecule is Nc1ncc(C=O)cc1-c1c(Cl)c(Cl)c(Cl)c(Cl)c1Cl. The highest BCUT2D eigenvalue weighted by atomic mass is 35.5. The van der Waals surface area contributed by atoms with Crippen LogP contribution >= 0.6 is 58.0 Å². The Hall–Kier alpha value is -0.710. The molecule has 104 valence electrons. The molecule has 2 N–H and O–H groups in total. The van der Waals surface area contributed by atoms with Crippen LogP contribution in [0.2, 0.25) is 25.1 Å². The van der Waals surface area contributed by atoms with Crippen molar-refractivity contribution >= 4 is 70.1 Å². The van der Waals surface area contributed by atoms with Gasteiger partial charge in [0.15, 0.2) is 6.29 Å². The monoisotopic (exact) mass is 368 g/mol. The Bertz CT molecular complexity index is 688. The third-order valence-electron chi connectivity index (χ3n) is 2.55. The van der Waals surface area contributed by atoms with Crippen molar-refractivity contribution in [2.24, 2.45) is 0 Å². The van der Waals surface area contributed by atoms with E-state index in [0.717, 1.165) is 0 Å². The largest absolute Gasteiger partial charge is 0.383 e. The maximum Gasteiger partial charge on any atom is 0.151 e. The number of anilines is 1. The highest BCUT2D eigenvalue weighted by Gasteiger charge is 2.22. The van der Waals surface area contributed by atoms with Crippen LogP contribution in [0, 0.1) is 0 Å². The molecule has 3 nitrogen and oxygen atoms in total. The molecule has 0 amide bonds. The van der Waals surface area contributed by atoms with Crippen molar-refractivity contribution in [3.8, 4) is 11.1 Å². The Labute approximate surface area is 139 Å². The number of nitrogen functional groups attached to an aromatic ring is 1.